The Labute approximate surface area is 93.8 Å². The van der Waals surface area contributed by atoms with Gasteiger partial charge < -0.3 is 11.1 Å². The van der Waals surface area contributed by atoms with E-state index in [2.05, 4.69) is 33.0 Å². The van der Waals surface area contributed by atoms with Crippen molar-refractivity contribution >= 4 is 5.91 Å². The highest BCUT2D eigenvalue weighted by atomic mass is 16.1. The van der Waals surface area contributed by atoms with E-state index in [1.54, 1.807) is 0 Å². The number of amides is 1. The zero-order chi connectivity index (χ0) is 12.1. The molecular weight excluding hydrogens is 188 g/mol. The van der Waals surface area contributed by atoms with Gasteiger partial charge in [0.25, 0.3) is 0 Å². The van der Waals surface area contributed by atoms with Gasteiger partial charge >= 0.3 is 0 Å². The molecule has 0 aromatic carbocycles. The summed E-state index contributed by atoms with van der Waals surface area (Å²) in [6.07, 6.45) is 1.52. The number of rotatable bonds is 5. The Hall–Kier alpha value is -0.570. The van der Waals surface area contributed by atoms with E-state index < -0.39 is 0 Å². The van der Waals surface area contributed by atoms with Crippen LogP contribution in [0.5, 0.6) is 0 Å². The van der Waals surface area contributed by atoms with E-state index in [1.807, 2.05) is 6.92 Å². The molecule has 0 saturated carbocycles. The topological polar surface area (TPSA) is 55.1 Å². The Balaban J connectivity index is 4.04. The Kier molecular flexibility index (Phi) is 5.88. The maximum atomic E-state index is 11.7. The summed E-state index contributed by atoms with van der Waals surface area (Å²) in [4.78, 5) is 11.7. The molecule has 0 aliphatic rings. The number of nitrogens with one attached hydrogen (secondary N) is 1. The van der Waals surface area contributed by atoms with Crippen LogP contribution in [0.4, 0.5) is 0 Å². The number of carbonyl (C=O) groups excluding carboxylic acids is 1. The fourth-order valence-corrected chi connectivity index (χ4v) is 1.17. The van der Waals surface area contributed by atoms with Gasteiger partial charge in [0, 0.05) is 12.5 Å². The molecule has 0 aromatic heterocycles. The van der Waals surface area contributed by atoms with Gasteiger partial charge in [0.2, 0.25) is 5.91 Å². The highest BCUT2D eigenvalue weighted by molar-refractivity contribution is 5.76. The molecule has 0 fully saturated rings. The van der Waals surface area contributed by atoms with Gasteiger partial charge in [0.15, 0.2) is 0 Å². The third-order valence-corrected chi connectivity index (χ3v) is 3.06. The molecule has 0 aliphatic heterocycles. The van der Waals surface area contributed by atoms with E-state index in [9.17, 15) is 4.79 Å². The summed E-state index contributed by atoms with van der Waals surface area (Å²) in [6, 6.07) is 0.195. The molecule has 0 aliphatic carbocycles. The summed E-state index contributed by atoms with van der Waals surface area (Å²) in [5.74, 6) is 0.437. The SMILES string of the molecule is CCC(CN)CC(=O)NC(C)C(C)(C)C. The van der Waals surface area contributed by atoms with Gasteiger partial charge in [-0.25, -0.2) is 0 Å². The first-order chi connectivity index (χ1) is 6.81. The van der Waals surface area contributed by atoms with Gasteiger partial charge in [0.05, 0.1) is 0 Å². The second-order valence-electron chi connectivity index (χ2n) is 5.37. The molecule has 0 saturated heterocycles. The number of carbonyl (C=O) groups is 1. The second kappa shape index (κ2) is 6.11. The van der Waals surface area contributed by atoms with Gasteiger partial charge in [-0.05, 0) is 24.8 Å². The summed E-state index contributed by atoms with van der Waals surface area (Å²) in [5.41, 5.74) is 5.68. The summed E-state index contributed by atoms with van der Waals surface area (Å²) in [7, 11) is 0. The highest BCUT2D eigenvalue weighted by Crippen LogP contribution is 2.18. The van der Waals surface area contributed by atoms with E-state index >= 15 is 0 Å². The van der Waals surface area contributed by atoms with Crippen LogP contribution in [-0.4, -0.2) is 18.5 Å². The minimum atomic E-state index is 0.111. The maximum absolute atomic E-state index is 11.7. The predicted molar refractivity (Wildman–Crippen MR) is 64.5 cm³/mol. The minimum absolute atomic E-state index is 0.111. The average Bonchev–Trinajstić information content (AvgIpc) is 2.12. The molecule has 2 atom stereocenters. The smallest absolute Gasteiger partial charge is 0.220 e. The first kappa shape index (κ1) is 14.4. The molecule has 3 N–H and O–H groups in total. The molecule has 15 heavy (non-hydrogen) atoms. The molecule has 0 radical (unpaired) electrons. The van der Waals surface area contributed by atoms with Crippen LogP contribution >= 0.6 is 0 Å². The summed E-state index contributed by atoms with van der Waals surface area (Å²) in [5, 5.41) is 3.02. The van der Waals surface area contributed by atoms with Crippen molar-refractivity contribution in [3.05, 3.63) is 0 Å². The van der Waals surface area contributed by atoms with Crippen molar-refractivity contribution in [2.75, 3.05) is 6.54 Å². The molecule has 0 bridgehead atoms. The number of hydrogen-bond acceptors (Lipinski definition) is 2. The van der Waals surface area contributed by atoms with Crippen molar-refractivity contribution < 1.29 is 4.79 Å². The van der Waals surface area contributed by atoms with Crippen molar-refractivity contribution in [3.8, 4) is 0 Å². The van der Waals surface area contributed by atoms with Crippen LogP contribution in [0, 0.1) is 11.3 Å². The van der Waals surface area contributed by atoms with E-state index in [0.29, 0.717) is 18.9 Å². The normalized spacial score (nSPS) is 15.9. The van der Waals surface area contributed by atoms with Crippen molar-refractivity contribution in [1.82, 2.24) is 5.32 Å². The first-order valence-electron chi connectivity index (χ1n) is 5.80. The minimum Gasteiger partial charge on any atom is -0.353 e. The van der Waals surface area contributed by atoms with Crippen LogP contribution in [0.1, 0.15) is 47.5 Å². The Bertz CT molecular complexity index is 192. The summed E-state index contributed by atoms with van der Waals surface area (Å²) < 4.78 is 0. The van der Waals surface area contributed by atoms with Crippen LogP contribution in [0.2, 0.25) is 0 Å². The number of nitrogens with two attached hydrogens (primary N) is 1. The van der Waals surface area contributed by atoms with Gasteiger partial charge in [-0.15, -0.1) is 0 Å². The average molecular weight is 214 g/mol. The lowest BCUT2D eigenvalue weighted by Crippen LogP contribution is -2.42. The van der Waals surface area contributed by atoms with Crippen molar-refractivity contribution in [2.45, 2.75) is 53.5 Å². The monoisotopic (exact) mass is 214 g/mol. The lowest BCUT2D eigenvalue weighted by molar-refractivity contribution is -0.123. The van der Waals surface area contributed by atoms with Crippen molar-refractivity contribution in [2.24, 2.45) is 17.1 Å². The molecule has 0 heterocycles. The fourth-order valence-electron chi connectivity index (χ4n) is 1.17. The van der Waals surface area contributed by atoms with Crippen LogP contribution in [0.25, 0.3) is 0 Å². The van der Waals surface area contributed by atoms with Crippen molar-refractivity contribution in [3.63, 3.8) is 0 Å². The molecule has 90 valence electrons. The highest BCUT2D eigenvalue weighted by Gasteiger charge is 2.22. The Morgan fingerprint density at radius 1 is 1.40 bits per heavy atom. The van der Waals surface area contributed by atoms with Gasteiger partial charge in [-0.2, -0.15) is 0 Å². The van der Waals surface area contributed by atoms with Crippen LogP contribution in [0.15, 0.2) is 0 Å². The quantitative estimate of drug-likeness (QED) is 0.734. The third-order valence-electron chi connectivity index (χ3n) is 3.06. The first-order valence-corrected chi connectivity index (χ1v) is 5.80. The maximum Gasteiger partial charge on any atom is 0.220 e. The van der Waals surface area contributed by atoms with Gasteiger partial charge in [0.1, 0.15) is 0 Å². The summed E-state index contributed by atoms with van der Waals surface area (Å²) >= 11 is 0. The lowest BCUT2D eigenvalue weighted by Gasteiger charge is -2.28. The van der Waals surface area contributed by atoms with E-state index in [1.165, 1.54) is 0 Å². The molecule has 0 spiro atoms. The zero-order valence-corrected chi connectivity index (χ0v) is 10.8. The zero-order valence-electron chi connectivity index (χ0n) is 10.8. The predicted octanol–water partition coefficient (Wildman–Crippen LogP) is 1.91. The fraction of sp³-hybridized carbons (Fsp3) is 0.917. The molecule has 1 amide bonds. The van der Waals surface area contributed by atoms with E-state index in [4.69, 9.17) is 5.73 Å². The molecule has 2 unspecified atom stereocenters. The van der Waals surface area contributed by atoms with Crippen LogP contribution in [-0.2, 0) is 4.79 Å². The molecule has 0 aromatic rings. The molecule has 3 nitrogen and oxygen atoms in total. The standard InChI is InChI=1S/C12H26N2O/c1-6-10(8-13)7-11(15)14-9(2)12(3,4)5/h9-10H,6-8,13H2,1-5H3,(H,14,15). The largest absolute Gasteiger partial charge is 0.353 e. The van der Waals surface area contributed by atoms with Gasteiger partial charge in [-0.1, -0.05) is 34.1 Å². The molecule has 0 rings (SSSR count). The lowest BCUT2D eigenvalue weighted by atomic mass is 9.88. The molecule has 3 heteroatoms. The van der Waals surface area contributed by atoms with Crippen LogP contribution in [0.3, 0.4) is 0 Å². The van der Waals surface area contributed by atoms with E-state index in [-0.39, 0.29) is 17.4 Å². The van der Waals surface area contributed by atoms with E-state index in [0.717, 1.165) is 6.42 Å². The summed E-state index contributed by atoms with van der Waals surface area (Å²) in [6.45, 7) is 11.1. The van der Waals surface area contributed by atoms with Crippen LogP contribution < -0.4 is 11.1 Å². The second-order valence-corrected chi connectivity index (χ2v) is 5.37. The van der Waals surface area contributed by atoms with Crippen molar-refractivity contribution in [1.29, 1.82) is 0 Å². The number of hydrogen-bond donors (Lipinski definition) is 2. The molecular formula is C12H26N2O. The Morgan fingerprint density at radius 2 is 1.93 bits per heavy atom. The Morgan fingerprint density at radius 3 is 2.27 bits per heavy atom. The third kappa shape index (κ3) is 5.78. The van der Waals surface area contributed by atoms with Gasteiger partial charge in [-0.3, -0.25) is 4.79 Å².